The van der Waals surface area contributed by atoms with Gasteiger partial charge in [0, 0.05) is 41.5 Å². The molecular weight excluding hydrogens is 246 g/mol. The molecule has 0 saturated heterocycles. The second-order valence-electron chi connectivity index (χ2n) is 4.38. The highest BCUT2D eigenvalue weighted by Gasteiger charge is 2.20. The van der Waals surface area contributed by atoms with Crippen LogP contribution in [-0.4, -0.2) is 23.1 Å². The Balaban J connectivity index is 1.70. The van der Waals surface area contributed by atoms with Crippen LogP contribution in [0.2, 0.25) is 0 Å². The molecule has 1 aliphatic carbocycles. The van der Waals surface area contributed by atoms with Gasteiger partial charge in [0.15, 0.2) is 0 Å². The highest BCUT2D eigenvalue weighted by molar-refractivity contribution is 7.15. The lowest BCUT2D eigenvalue weighted by molar-refractivity contribution is 0.398. The van der Waals surface area contributed by atoms with E-state index >= 15 is 0 Å². The summed E-state index contributed by atoms with van der Waals surface area (Å²) in [5.41, 5.74) is 1.04. The predicted octanol–water partition coefficient (Wildman–Crippen LogP) is 2.47. The number of nitrogens with one attached hydrogen (secondary N) is 1. The van der Waals surface area contributed by atoms with Crippen molar-refractivity contribution < 1.29 is 4.74 Å². The molecule has 0 amide bonds. The highest BCUT2D eigenvalue weighted by Crippen LogP contribution is 2.26. The summed E-state index contributed by atoms with van der Waals surface area (Å²) in [6.45, 7) is 0.923. The zero-order valence-electron chi connectivity index (χ0n) is 10.2. The van der Waals surface area contributed by atoms with Gasteiger partial charge in [0.1, 0.15) is 5.01 Å². The molecule has 1 N–H and O–H groups in total. The summed E-state index contributed by atoms with van der Waals surface area (Å²) in [6.07, 6.45) is 6.37. The van der Waals surface area contributed by atoms with E-state index in [1.807, 2.05) is 18.3 Å². The van der Waals surface area contributed by atoms with Crippen LogP contribution in [0, 0.1) is 0 Å². The largest absolute Gasteiger partial charge is 0.481 e. The average Bonchev–Trinajstić information content (AvgIpc) is 3.14. The van der Waals surface area contributed by atoms with E-state index in [-0.39, 0.29) is 0 Å². The summed E-state index contributed by atoms with van der Waals surface area (Å²) < 4.78 is 5.04. The molecular formula is C13H15N3OS. The van der Waals surface area contributed by atoms with Gasteiger partial charge < -0.3 is 10.1 Å². The molecule has 1 aliphatic rings. The van der Waals surface area contributed by atoms with Gasteiger partial charge in [0.05, 0.1) is 7.11 Å². The Bertz CT molecular complexity index is 519. The van der Waals surface area contributed by atoms with E-state index in [0.717, 1.165) is 23.2 Å². The Morgan fingerprint density at radius 3 is 2.89 bits per heavy atom. The van der Waals surface area contributed by atoms with Gasteiger partial charge in [-0.05, 0) is 18.9 Å². The molecule has 1 fully saturated rings. The topological polar surface area (TPSA) is 47.0 Å². The van der Waals surface area contributed by atoms with Gasteiger partial charge in [0.25, 0.3) is 0 Å². The normalized spacial score (nSPS) is 14.7. The van der Waals surface area contributed by atoms with E-state index in [4.69, 9.17) is 4.74 Å². The molecule has 3 rings (SSSR count). The van der Waals surface area contributed by atoms with E-state index in [9.17, 15) is 0 Å². The minimum absolute atomic E-state index is 0.630. The van der Waals surface area contributed by atoms with Crippen molar-refractivity contribution in [2.24, 2.45) is 0 Å². The lowest BCUT2D eigenvalue weighted by atomic mass is 10.3. The van der Waals surface area contributed by atoms with E-state index in [0.29, 0.717) is 5.88 Å². The number of hydrogen-bond acceptors (Lipinski definition) is 5. The summed E-state index contributed by atoms with van der Waals surface area (Å²) in [7, 11) is 1.62. The molecule has 0 bridgehead atoms. The van der Waals surface area contributed by atoms with Crippen molar-refractivity contribution in [3.8, 4) is 16.5 Å². The number of methoxy groups -OCH3 is 1. The quantitative estimate of drug-likeness (QED) is 0.898. The first-order valence-electron chi connectivity index (χ1n) is 6.03. The third kappa shape index (κ3) is 2.68. The molecule has 0 aliphatic heterocycles. The Morgan fingerprint density at radius 1 is 1.33 bits per heavy atom. The van der Waals surface area contributed by atoms with Crippen LogP contribution >= 0.6 is 11.3 Å². The SMILES string of the molecule is COc1ccc(-c2ncc(CNC3CC3)s2)cn1. The van der Waals surface area contributed by atoms with Crippen LogP contribution < -0.4 is 10.1 Å². The van der Waals surface area contributed by atoms with Crippen LogP contribution in [0.15, 0.2) is 24.5 Å². The molecule has 0 atom stereocenters. The third-order valence-corrected chi connectivity index (χ3v) is 3.93. The van der Waals surface area contributed by atoms with Crippen LogP contribution in [0.3, 0.4) is 0 Å². The maximum atomic E-state index is 5.04. The van der Waals surface area contributed by atoms with E-state index in [2.05, 4.69) is 15.3 Å². The van der Waals surface area contributed by atoms with E-state index in [1.165, 1.54) is 17.7 Å². The van der Waals surface area contributed by atoms with Gasteiger partial charge in [-0.1, -0.05) is 0 Å². The molecule has 0 unspecified atom stereocenters. The van der Waals surface area contributed by atoms with Crippen LogP contribution in [0.4, 0.5) is 0 Å². The first-order chi connectivity index (χ1) is 8.85. The molecule has 94 valence electrons. The number of thiazole rings is 1. The van der Waals surface area contributed by atoms with Crippen LogP contribution in [0.25, 0.3) is 10.6 Å². The molecule has 5 heteroatoms. The lowest BCUT2D eigenvalue weighted by Crippen LogP contribution is -2.14. The van der Waals surface area contributed by atoms with Gasteiger partial charge in [-0.2, -0.15) is 0 Å². The summed E-state index contributed by atoms with van der Waals surface area (Å²) >= 11 is 1.71. The number of pyridine rings is 1. The van der Waals surface area contributed by atoms with Gasteiger partial charge >= 0.3 is 0 Å². The van der Waals surface area contributed by atoms with Crippen molar-refractivity contribution in [2.45, 2.75) is 25.4 Å². The van der Waals surface area contributed by atoms with Crippen molar-refractivity contribution in [2.75, 3.05) is 7.11 Å². The first-order valence-corrected chi connectivity index (χ1v) is 6.85. The minimum Gasteiger partial charge on any atom is -0.481 e. The summed E-state index contributed by atoms with van der Waals surface area (Å²) in [5, 5.41) is 4.50. The molecule has 0 radical (unpaired) electrons. The Kier molecular flexibility index (Phi) is 3.25. The van der Waals surface area contributed by atoms with Crippen molar-refractivity contribution in [1.29, 1.82) is 0 Å². The Morgan fingerprint density at radius 2 is 2.22 bits per heavy atom. The number of ether oxygens (including phenoxy) is 1. The first kappa shape index (κ1) is 11.6. The van der Waals surface area contributed by atoms with Crippen molar-refractivity contribution in [3.63, 3.8) is 0 Å². The van der Waals surface area contributed by atoms with Gasteiger partial charge in [-0.15, -0.1) is 11.3 Å². The zero-order valence-corrected chi connectivity index (χ0v) is 11.0. The number of hydrogen-bond donors (Lipinski definition) is 1. The zero-order chi connectivity index (χ0) is 12.4. The van der Waals surface area contributed by atoms with Crippen LogP contribution in [-0.2, 0) is 6.54 Å². The second-order valence-corrected chi connectivity index (χ2v) is 5.49. The Hall–Kier alpha value is -1.46. The number of nitrogens with zero attached hydrogens (tertiary/aromatic N) is 2. The van der Waals surface area contributed by atoms with Crippen molar-refractivity contribution in [3.05, 3.63) is 29.4 Å². The smallest absolute Gasteiger partial charge is 0.212 e. The van der Waals surface area contributed by atoms with Crippen LogP contribution in [0.5, 0.6) is 5.88 Å². The summed E-state index contributed by atoms with van der Waals surface area (Å²) in [5.74, 6) is 0.630. The van der Waals surface area contributed by atoms with E-state index in [1.54, 1.807) is 24.6 Å². The monoisotopic (exact) mass is 261 g/mol. The third-order valence-electron chi connectivity index (χ3n) is 2.89. The summed E-state index contributed by atoms with van der Waals surface area (Å²) in [6, 6.07) is 4.58. The molecule has 4 nitrogen and oxygen atoms in total. The second kappa shape index (κ2) is 5.04. The lowest BCUT2D eigenvalue weighted by Gasteiger charge is -1.99. The van der Waals surface area contributed by atoms with Gasteiger partial charge in [-0.25, -0.2) is 9.97 Å². The van der Waals surface area contributed by atoms with Crippen molar-refractivity contribution in [1.82, 2.24) is 15.3 Å². The number of aromatic nitrogens is 2. The maximum Gasteiger partial charge on any atom is 0.212 e. The fraction of sp³-hybridized carbons (Fsp3) is 0.385. The number of rotatable bonds is 5. The fourth-order valence-corrected chi connectivity index (χ4v) is 2.54. The van der Waals surface area contributed by atoms with Gasteiger partial charge in [-0.3, -0.25) is 0 Å². The van der Waals surface area contributed by atoms with Crippen LogP contribution in [0.1, 0.15) is 17.7 Å². The van der Waals surface area contributed by atoms with Gasteiger partial charge in [0.2, 0.25) is 5.88 Å². The molecule has 2 aromatic heterocycles. The fourth-order valence-electron chi connectivity index (χ4n) is 1.68. The standard InChI is InChI=1S/C13H15N3OS/c1-17-12-5-2-9(6-15-12)13-16-8-11(18-13)7-14-10-3-4-10/h2,5-6,8,10,14H,3-4,7H2,1H3. The average molecular weight is 261 g/mol. The summed E-state index contributed by atoms with van der Waals surface area (Å²) in [4.78, 5) is 9.90. The molecule has 0 spiro atoms. The van der Waals surface area contributed by atoms with Crippen molar-refractivity contribution >= 4 is 11.3 Å². The molecule has 2 heterocycles. The molecule has 0 aromatic carbocycles. The molecule has 18 heavy (non-hydrogen) atoms. The maximum absolute atomic E-state index is 5.04. The Labute approximate surface area is 110 Å². The van der Waals surface area contributed by atoms with E-state index < -0.39 is 0 Å². The molecule has 2 aromatic rings. The highest BCUT2D eigenvalue weighted by atomic mass is 32.1. The molecule has 1 saturated carbocycles. The predicted molar refractivity (Wildman–Crippen MR) is 71.8 cm³/mol. The minimum atomic E-state index is 0.630.